The zero-order valence-electron chi connectivity index (χ0n) is 13.3. The summed E-state index contributed by atoms with van der Waals surface area (Å²) in [7, 11) is 0. The van der Waals surface area contributed by atoms with E-state index in [1.54, 1.807) is 0 Å². The molecule has 0 bridgehead atoms. The number of morpholine rings is 1. The lowest BCUT2D eigenvalue weighted by Crippen LogP contribution is -2.44. The van der Waals surface area contributed by atoms with Crippen molar-refractivity contribution in [1.29, 1.82) is 0 Å². The standard InChI is InChI=1S/C16H29NO4/c1-2-3-4-5-6-7-8-9-12-21-16(19)15(18)17-10-13-20-14-11-17/h2-14H2,1H3. The van der Waals surface area contributed by atoms with Crippen LogP contribution in [0.4, 0.5) is 0 Å². The molecule has 0 saturated carbocycles. The molecule has 0 spiro atoms. The maximum absolute atomic E-state index is 11.8. The van der Waals surface area contributed by atoms with Crippen molar-refractivity contribution in [3.8, 4) is 0 Å². The molecular weight excluding hydrogens is 270 g/mol. The third-order valence-electron chi connectivity index (χ3n) is 3.70. The Balaban J connectivity index is 1.96. The second-order valence-electron chi connectivity index (χ2n) is 5.52. The number of rotatable bonds is 9. The van der Waals surface area contributed by atoms with E-state index in [-0.39, 0.29) is 0 Å². The van der Waals surface area contributed by atoms with Crippen LogP contribution in [-0.4, -0.2) is 49.7 Å². The predicted octanol–water partition coefficient (Wildman–Crippen LogP) is 2.53. The zero-order chi connectivity index (χ0) is 15.3. The Bertz CT molecular complexity index is 301. The maximum Gasteiger partial charge on any atom is 0.397 e. The van der Waals surface area contributed by atoms with Crippen LogP contribution in [0.1, 0.15) is 58.3 Å². The van der Waals surface area contributed by atoms with Gasteiger partial charge in [0.15, 0.2) is 0 Å². The normalized spacial score (nSPS) is 15.0. The SMILES string of the molecule is CCCCCCCCCCOC(=O)C(=O)N1CCOCC1. The molecule has 0 aromatic heterocycles. The van der Waals surface area contributed by atoms with E-state index in [9.17, 15) is 9.59 Å². The Labute approximate surface area is 128 Å². The van der Waals surface area contributed by atoms with Crippen molar-refractivity contribution < 1.29 is 19.1 Å². The molecule has 1 aliphatic rings. The van der Waals surface area contributed by atoms with Gasteiger partial charge in [-0.3, -0.25) is 4.79 Å². The van der Waals surface area contributed by atoms with Crippen LogP contribution in [0.5, 0.6) is 0 Å². The first kappa shape index (κ1) is 18.0. The first-order valence-corrected chi connectivity index (χ1v) is 8.29. The third-order valence-corrected chi connectivity index (χ3v) is 3.70. The monoisotopic (exact) mass is 299 g/mol. The van der Waals surface area contributed by atoms with Crippen molar-refractivity contribution in [1.82, 2.24) is 4.90 Å². The van der Waals surface area contributed by atoms with Gasteiger partial charge in [-0.1, -0.05) is 51.9 Å². The molecule has 122 valence electrons. The van der Waals surface area contributed by atoms with Gasteiger partial charge in [-0.2, -0.15) is 0 Å². The van der Waals surface area contributed by atoms with Crippen molar-refractivity contribution in [2.24, 2.45) is 0 Å². The molecule has 21 heavy (non-hydrogen) atoms. The molecule has 5 nitrogen and oxygen atoms in total. The molecule has 1 amide bonds. The molecule has 1 heterocycles. The van der Waals surface area contributed by atoms with Crippen LogP contribution in [-0.2, 0) is 19.1 Å². The van der Waals surface area contributed by atoms with Crippen LogP contribution >= 0.6 is 0 Å². The number of carbonyl (C=O) groups is 2. The smallest absolute Gasteiger partial charge is 0.397 e. The summed E-state index contributed by atoms with van der Waals surface area (Å²) in [5.74, 6) is -1.25. The fourth-order valence-electron chi connectivity index (χ4n) is 2.36. The average molecular weight is 299 g/mol. The number of hydrogen-bond acceptors (Lipinski definition) is 4. The summed E-state index contributed by atoms with van der Waals surface area (Å²) in [5.41, 5.74) is 0. The van der Waals surface area contributed by atoms with Gasteiger partial charge in [0.05, 0.1) is 19.8 Å². The van der Waals surface area contributed by atoms with Crippen LogP contribution in [0.2, 0.25) is 0 Å². The van der Waals surface area contributed by atoms with Gasteiger partial charge in [0.2, 0.25) is 0 Å². The molecule has 0 radical (unpaired) electrons. The van der Waals surface area contributed by atoms with Crippen LogP contribution < -0.4 is 0 Å². The van der Waals surface area contributed by atoms with E-state index in [1.807, 2.05) is 0 Å². The fourth-order valence-corrected chi connectivity index (χ4v) is 2.36. The van der Waals surface area contributed by atoms with E-state index >= 15 is 0 Å². The lowest BCUT2D eigenvalue weighted by Gasteiger charge is -2.25. The highest BCUT2D eigenvalue weighted by Gasteiger charge is 2.24. The second-order valence-corrected chi connectivity index (χ2v) is 5.52. The van der Waals surface area contributed by atoms with E-state index in [0.717, 1.165) is 12.8 Å². The number of nitrogens with zero attached hydrogens (tertiary/aromatic N) is 1. The Morgan fingerprint density at radius 1 is 0.952 bits per heavy atom. The Morgan fingerprint density at radius 2 is 1.52 bits per heavy atom. The average Bonchev–Trinajstić information content (AvgIpc) is 2.53. The number of ether oxygens (including phenoxy) is 2. The molecule has 0 aromatic carbocycles. The molecule has 1 fully saturated rings. The lowest BCUT2D eigenvalue weighted by atomic mass is 10.1. The summed E-state index contributed by atoms with van der Waals surface area (Å²) in [4.78, 5) is 24.9. The summed E-state index contributed by atoms with van der Waals surface area (Å²) in [6.45, 7) is 4.52. The van der Waals surface area contributed by atoms with Crippen LogP contribution in [0.3, 0.4) is 0 Å². The van der Waals surface area contributed by atoms with Gasteiger partial charge in [0, 0.05) is 13.1 Å². The molecule has 5 heteroatoms. The van der Waals surface area contributed by atoms with Crippen molar-refractivity contribution >= 4 is 11.9 Å². The third kappa shape index (κ3) is 8.05. The maximum atomic E-state index is 11.8. The zero-order valence-corrected chi connectivity index (χ0v) is 13.3. The van der Waals surface area contributed by atoms with Gasteiger partial charge in [-0.15, -0.1) is 0 Å². The molecule has 0 atom stereocenters. The van der Waals surface area contributed by atoms with Crippen LogP contribution in [0, 0.1) is 0 Å². The topological polar surface area (TPSA) is 55.8 Å². The molecule has 0 aromatic rings. The van der Waals surface area contributed by atoms with Crippen molar-refractivity contribution in [3.05, 3.63) is 0 Å². The molecular formula is C16H29NO4. The number of amides is 1. The Hall–Kier alpha value is -1.10. The predicted molar refractivity (Wildman–Crippen MR) is 81.0 cm³/mol. The van der Waals surface area contributed by atoms with E-state index in [2.05, 4.69) is 6.92 Å². The minimum atomic E-state index is -0.722. The van der Waals surface area contributed by atoms with Gasteiger partial charge >= 0.3 is 11.9 Å². The van der Waals surface area contributed by atoms with Gasteiger partial charge < -0.3 is 14.4 Å². The van der Waals surface area contributed by atoms with Gasteiger partial charge in [0.25, 0.3) is 0 Å². The largest absolute Gasteiger partial charge is 0.459 e. The summed E-state index contributed by atoms with van der Waals surface area (Å²) in [6, 6.07) is 0. The van der Waals surface area contributed by atoms with E-state index in [4.69, 9.17) is 9.47 Å². The molecule has 1 rings (SSSR count). The summed E-state index contributed by atoms with van der Waals surface area (Å²) in [5, 5.41) is 0. The lowest BCUT2D eigenvalue weighted by molar-refractivity contribution is -0.162. The fraction of sp³-hybridized carbons (Fsp3) is 0.875. The Kier molecular flexibility index (Phi) is 9.87. The minimum absolute atomic E-state index is 0.351. The van der Waals surface area contributed by atoms with E-state index in [0.29, 0.717) is 32.9 Å². The second kappa shape index (κ2) is 11.5. The van der Waals surface area contributed by atoms with Crippen molar-refractivity contribution in [2.45, 2.75) is 58.3 Å². The quantitative estimate of drug-likeness (QED) is 0.373. The first-order valence-electron chi connectivity index (χ1n) is 8.29. The van der Waals surface area contributed by atoms with E-state index in [1.165, 1.54) is 43.4 Å². The molecule has 1 aliphatic heterocycles. The van der Waals surface area contributed by atoms with Gasteiger partial charge in [-0.05, 0) is 6.42 Å². The highest BCUT2D eigenvalue weighted by atomic mass is 16.5. The Morgan fingerprint density at radius 3 is 2.14 bits per heavy atom. The minimum Gasteiger partial charge on any atom is -0.459 e. The van der Waals surface area contributed by atoms with Gasteiger partial charge in [0.1, 0.15) is 0 Å². The first-order chi connectivity index (χ1) is 10.3. The molecule has 0 aliphatic carbocycles. The number of esters is 1. The van der Waals surface area contributed by atoms with Crippen molar-refractivity contribution in [2.75, 3.05) is 32.9 Å². The molecule has 0 unspecified atom stereocenters. The van der Waals surface area contributed by atoms with Gasteiger partial charge in [-0.25, -0.2) is 4.79 Å². The summed E-state index contributed by atoms with van der Waals surface area (Å²) in [6.07, 6.45) is 9.54. The summed E-state index contributed by atoms with van der Waals surface area (Å²) >= 11 is 0. The summed E-state index contributed by atoms with van der Waals surface area (Å²) < 4.78 is 10.2. The van der Waals surface area contributed by atoms with E-state index < -0.39 is 11.9 Å². The van der Waals surface area contributed by atoms with Crippen LogP contribution in [0.25, 0.3) is 0 Å². The molecule has 1 saturated heterocycles. The van der Waals surface area contributed by atoms with Crippen molar-refractivity contribution in [3.63, 3.8) is 0 Å². The number of carbonyl (C=O) groups excluding carboxylic acids is 2. The number of hydrogen-bond donors (Lipinski definition) is 0. The number of unbranched alkanes of at least 4 members (excludes halogenated alkanes) is 7. The highest BCUT2D eigenvalue weighted by molar-refractivity contribution is 6.32. The molecule has 0 N–H and O–H groups in total. The van der Waals surface area contributed by atoms with Crippen LogP contribution in [0.15, 0.2) is 0 Å². The highest BCUT2D eigenvalue weighted by Crippen LogP contribution is 2.08.